The lowest BCUT2D eigenvalue weighted by atomic mass is 10.1. The van der Waals surface area contributed by atoms with Gasteiger partial charge in [-0.3, -0.25) is 4.48 Å². The minimum atomic E-state index is 0.559. The van der Waals surface area contributed by atoms with Crippen LogP contribution in [0.3, 0.4) is 0 Å². The third-order valence-electron chi connectivity index (χ3n) is 2.64. The molecule has 1 aromatic carbocycles. The molecule has 0 heterocycles. The molecule has 0 saturated carbocycles. The number of benzene rings is 1. The fraction of sp³-hybridized carbons (Fsp3) is 0.250. The van der Waals surface area contributed by atoms with Gasteiger partial charge >= 0.3 is 0 Å². The molecule has 0 aliphatic heterocycles. The molecule has 0 bridgehead atoms. The average molecular weight is 222 g/mol. The molecule has 0 fully saturated rings. The molecule has 0 atom stereocenters. The van der Waals surface area contributed by atoms with Crippen molar-refractivity contribution >= 4 is 0 Å². The predicted octanol–water partition coefficient (Wildman–Crippen LogP) is 1.90. The van der Waals surface area contributed by atoms with Crippen LogP contribution in [0.2, 0.25) is 0 Å². The fourth-order valence-electron chi connectivity index (χ4n) is 1.89. The molecular formula is C16H16N+. The Morgan fingerprint density at radius 3 is 1.71 bits per heavy atom. The molecule has 1 aromatic rings. The van der Waals surface area contributed by atoms with Crippen LogP contribution in [-0.2, 0) is 6.54 Å². The minimum absolute atomic E-state index is 0.559. The van der Waals surface area contributed by atoms with Crippen LogP contribution in [0.1, 0.15) is 5.56 Å². The van der Waals surface area contributed by atoms with Gasteiger partial charge in [0, 0.05) is 5.56 Å². The van der Waals surface area contributed by atoms with E-state index in [4.69, 9.17) is 19.3 Å². The second kappa shape index (κ2) is 6.44. The number of nitrogens with zero attached hydrogens (tertiary/aromatic N) is 1. The smallest absolute Gasteiger partial charge is 0.142 e. The Morgan fingerprint density at radius 2 is 1.29 bits per heavy atom. The van der Waals surface area contributed by atoms with Crippen molar-refractivity contribution in [3.8, 4) is 37.0 Å². The zero-order valence-electron chi connectivity index (χ0n) is 9.89. The fourth-order valence-corrected chi connectivity index (χ4v) is 1.89. The van der Waals surface area contributed by atoms with E-state index in [1.165, 1.54) is 5.56 Å². The van der Waals surface area contributed by atoms with Gasteiger partial charge in [0.15, 0.2) is 0 Å². The Morgan fingerprint density at radius 1 is 0.824 bits per heavy atom. The summed E-state index contributed by atoms with van der Waals surface area (Å²) in [4.78, 5) is 0. The van der Waals surface area contributed by atoms with Gasteiger partial charge in [-0.2, -0.15) is 0 Å². The summed E-state index contributed by atoms with van der Waals surface area (Å²) in [6.45, 7) is 2.45. The Balaban J connectivity index is 2.94. The normalized spacial score (nSPS) is 9.94. The Hall–Kier alpha value is -2.14. The van der Waals surface area contributed by atoms with Crippen LogP contribution in [0.15, 0.2) is 30.3 Å². The maximum atomic E-state index is 5.43. The molecular weight excluding hydrogens is 206 g/mol. The summed E-state index contributed by atoms with van der Waals surface area (Å²) in [5.74, 6) is 8.04. The lowest BCUT2D eigenvalue weighted by molar-refractivity contribution is -0.921. The van der Waals surface area contributed by atoms with Crippen LogP contribution in [0.25, 0.3) is 0 Å². The van der Waals surface area contributed by atoms with Crippen LogP contribution >= 0.6 is 0 Å². The first kappa shape index (κ1) is 12.9. The van der Waals surface area contributed by atoms with Crippen molar-refractivity contribution in [2.75, 3.05) is 19.6 Å². The lowest BCUT2D eigenvalue weighted by Gasteiger charge is -2.33. The molecule has 0 aliphatic rings. The second-order valence-corrected chi connectivity index (χ2v) is 4.07. The van der Waals surface area contributed by atoms with Gasteiger partial charge in [0.05, 0.1) is 0 Å². The third kappa shape index (κ3) is 3.73. The van der Waals surface area contributed by atoms with Crippen molar-refractivity contribution in [2.24, 2.45) is 0 Å². The number of hydrogen-bond acceptors (Lipinski definition) is 0. The topological polar surface area (TPSA) is 0 Å². The molecule has 0 radical (unpaired) electrons. The van der Waals surface area contributed by atoms with E-state index in [0.717, 1.165) is 6.54 Å². The second-order valence-electron chi connectivity index (χ2n) is 4.07. The number of rotatable bonds is 5. The van der Waals surface area contributed by atoms with Gasteiger partial charge in [-0.1, -0.05) is 30.3 Å². The van der Waals surface area contributed by atoms with E-state index in [0.29, 0.717) is 24.1 Å². The Kier molecular flexibility index (Phi) is 4.90. The third-order valence-corrected chi connectivity index (χ3v) is 2.64. The highest BCUT2D eigenvalue weighted by atomic mass is 15.3. The van der Waals surface area contributed by atoms with Gasteiger partial charge in [-0.05, 0) is 17.8 Å². The van der Waals surface area contributed by atoms with Crippen molar-refractivity contribution in [3.05, 3.63) is 35.9 Å². The van der Waals surface area contributed by atoms with Gasteiger partial charge in [0.1, 0.15) is 26.2 Å². The van der Waals surface area contributed by atoms with E-state index in [1.54, 1.807) is 0 Å². The Labute approximate surface area is 104 Å². The van der Waals surface area contributed by atoms with E-state index in [-0.39, 0.29) is 0 Å². The highest BCUT2D eigenvalue weighted by molar-refractivity contribution is 5.14. The first-order valence-corrected chi connectivity index (χ1v) is 5.46. The summed E-state index contributed by atoms with van der Waals surface area (Å²) < 4.78 is 0.563. The molecule has 0 unspecified atom stereocenters. The average Bonchev–Trinajstić information content (AvgIpc) is 2.31. The number of terminal acetylenes is 3. The van der Waals surface area contributed by atoms with Crippen LogP contribution in [0, 0.1) is 37.0 Å². The van der Waals surface area contributed by atoms with Crippen molar-refractivity contribution in [2.45, 2.75) is 6.54 Å². The monoisotopic (exact) mass is 222 g/mol. The van der Waals surface area contributed by atoms with Crippen molar-refractivity contribution in [1.82, 2.24) is 0 Å². The van der Waals surface area contributed by atoms with Gasteiger partial charge < -0.3 is 0 Å². The predicted molar refractivity (Wildman–Crippen MR) is 71.5 cm³/mol. The maximum Gasteiger partial charge on any atom is 0.142 e. The van der Waals surface area contributed by atoms with Crippen LogP contribution < -0.4 is 0 Å². The minimum Gasteiger partial charge on any atom is -0.290 e. The highest BCUT2D eigenvalue weighted by Crippen LogP contribution is 2.13. The molecule has 1 heteroatoms. The summed E-state index contributed by atoms with van der Waals surface area (Å²) in [6.07, 6.45) is 16.3. The molecule has 0 aliphatic carbocycles. The van der Waals surface area contributed by atoms with Gasteiger partial charge in [0.25, 0.3) is 0 Å². The first-order chi connectivity index (χ1) is 8.26. The van der Waals surface area contributed by atoms with Crippen LogP contribution in [-0.4, -0.2) is 24.1 Å². The summed E-state index contributed by atoms with van der Waals surface area (Å²) in [5.41, 5.74) is 1.20. The molecule has 0 aromatic heterocycles. The SMILES string of the molecule is C#CC[N+](CC#C)(CC#C)Cc1ccccc1. The zero-order valence-corrected chi connectivity index (χ0v) is 9.89. The molecule has 0 saturated heterocycles. The van der Waals surface area contributed by atoms with Gasteiger partial charge in [0.2, 0.25) is 0 Å². The molecule has 0 N–H and O–H groups in total. The van der Waals surface area contributed by atoms with E-state index in [2.05, 4.69) is 29.9 Å². The summed E-state index contributed by atoms with van der Waals surface area (Å²) in [6, 6.07) is 10.1. The van der Waals surface area contributed by atoms with E-state index >= 15 is 0 Å². The summed E-state index contributed by atoms with van der Waals surface area (Å²) in [7, 11) is 0. The Bertz CT molecular complexity index is 424. The van der Waals surface area contributed by atoms with Gasteiger partial charge in [-0.25, -0.2) is 0 Å². The molecule has 0 amide bonds. The zero-order chi connectivity index (χ0) is 12.6. The highest BCUT2D eigenvalue weighted by Gasteiger charge is 2.24. The first-order valence-electron chi connectivity index (χ1n) is 5.46. The quantitative estimate of drug-likeness (QED) is 0.527. The van der Waals surface area contributed by atoms with Crippen LogP contribution in [0.4, 0.5) is 0 Å². The van der Waals surface area contributed by atoms with Gasteiger partial charge in [-0.15, -0.1) is 19.3 Å². The summed E-state index contributed by atoms with van der Waals surface area (Å²) >= 11 is 0. The standard InChI is InChI=1S/C16H16N/c1-4-12-17(13-5-2,14-6-3)15-16-10-8-7-9-11-16/h1-3,7-11H,12-15H2/q+1. The van der Waals surface area contributed by atoms with Crippen molar-refractivity contribution in [3.63, 3.8) is 0 Å². The van der Waals surface area contributed by atoms with Crippen molar-refractivity contribution in [1.29, 1.82) is 0 Å². The van der Waals surface area contributed by atoms with Crippen molar-refractivity contribution < 1.29 is 4.48 Å². The number of hydrogen-bond donors (Lipinski definition) is 0. The van der Waals surface area contributed by atoms with E-state index in [9.17, 15) is 0 Å². The lowest BCUT2D eigenvalue weighted by Crippen LogP contribution is -2.48. The molecule has 1 nitrogen and oxygen atoms in total. The molecule has 0 spiro atoms. The maximum absolute atomic E-state index is 5.43. The van der Waals surface area contributed by atoms with Crippen LogP contribution in [0.5, 0.6) is 0 Å². The molecule has 1 rings (SSSR count). The van der Waals surface area contributed by atoms with E-state index < -0.39 is 0 Å². The molecule has 17 heavy (non-hydrogen) atoms. The largest absolute Gasteiger partial charge is 0.290 e. The number of quaternary nitrogens is 1. The molecule has 84 valence electrons. The summed E-state index contributed by atoms with van der Waals surface area (Å²) in [5, 5.41) is 0. The van der Waals surface area contributed by atoms with E-state index in [1.807, 2.05) is 18.2 Å².